The zero-order valence-electron chi connectivity index (χ0n) is 13.8. The van der Waals surface area contributed by atoms with Gasteiger partial charge in [-0.05, 0) is 56.1 Å². The summed E-state index contributed by atoms with van der Waals surface area (Å²) < 4.78 is 4.71. The van der Waals surface area contributed by atoms with Crippen LogP contribution in [0.4, 0.5) is 0 Å². The highest BCUT2D eigenvalue weighted by molar-refractivity contribution is 5.84. The molecule has 1 aromatic heterocycles. The Morgan fingerprint density at radius 1 is 1.52 bits per heavy atom. The molecule has 0 spiro atoms. The van der Waals surface area contributed by atoms with Crippen molar-refractivity contribution < 1.29 is 9.53 Å². The average Bonchev–Trinajstić information content (AvgIpc) is 3.14. The standard InChI is InChI=1S/C18H25N3O2/c1-21-7-3-4-14(21)8-13-11-20-17-6-5-12(9-15(13)17)16(19)10-18(22)23-2/h5-6,9,11,14,16,20H,3-4,7-8,10,19H2,1-2H3/t14?,16-/m0/s1. The third kappa shape index (κ3) is 3.41. The van der Waals surface area contributed by atoms with Gasteiger partial charge in [0.25, 0.3) is 0 Å². The molecule has 0 aliphatic carbocycles. The summed E-state index contributed by atoms with van der Waals surface area (Å²) in [5.41, 5.74) is 9.57. The van der Waals surface area contributed by atoms with E-state index in [9.17, 15) is 4.79 Å². The number of nitrogens with two attached hydrogens (primary N) is 1. The predicted octanol–water partition coefficient (Wildman–Crippen LogP) is 2.37. The Bertz CT molecular complexity index is 695. The number of benzene rings is 1. The van der Waals surface area contributed by atoms with Gasteiger partial charge in [-0.15, -0.1) is 0 Å². The highest BCUT2D eigenvalue weighted by Crippen LogP contribution is 2.27. The maximum Gasteiger partial charge on any atom is 0.307 e. The van der Waals surface area contributed by atoms with E-state index in [-0.39, 0.29) is 18.4 Å². The molecule has 1 unspecified atom stereocenters. The lowest BCUT2D eigenvalue weighted by atomic mass is 9.99. The van der Waals surface area contributed by atoms with Crippen molar-refractivity contribution in [2.24, 2.45) is 5.73 Å². The van der Waals surface area contributed by atoms with Crippen LogP contribution in [0.2, 0.25) is 0 Å². The molecular weight excluding hydrogens is 290 g/mol. The van der Waals surface area contributed by atoms with E-state index in [0.29, 0.717) is 6.04 Å². The van der Waals surface area contributed by atoms with Crippen molar-refractivity contribution in [1.29, 1.82) is 0 Å². The minimum absolute atomic E-state index is 0.202. The molecule has 124 valence electrons. The van der Waals surface area contributed by atoms with Gasteiger partial charge in [0.15, 0.2) is 0 Å². The molecule has 1 aliphatic rings. The fraction of sp³-hybridized carbons (Fsp3) is 0.500. The summed E-state index contributed by atoms with van der Waals surface area (Å²) in [5, 5.41) is 1.21. The van der Waals surface area contributed by atoms with Gasteiger partial charge in [-0.1, -0.05) is 6.07 Å². The number of rotatable bonds is 5. The number of fused-ring (bicyclic) bond motifs is 1. The van der Waals surface area contributed by atoms with Crippen LogP contribution in [0, 0.1) is 0 Å². The number of esters is 1. The van der Waals surface area contributed by atoms with E-state index in [1.165, 1.54) is 37.4 Å². The number of aromatic nitrogens is 1. The van der Waals surface area contributed by atoms with Gasteiger partial charge in [-0.25, -0.2) is 0 Å². The minimum atomic E-state index is -0.330. The van der Waals surface area contributed by atoms with Crippen molar-refractivity contribution in [3.8, 4) is 0 Å². The first-order chi connectivity index (χ1) is 11.1. The molecule has 0 amide bonds. The Morgan fingerprint density at radius 3 is 3.04 bits per heavy atom. The molecule has 1 aliphatic heterocycles. The van der Waals surface area contributed by atoms with Crippen LogP contribution < -0.4 is 5.73 Å². The fourth-order valence-corrected chi connectivity index (χ4v) is 3.47. The van der Waals surface area contributed by atoms with E-state index in [2.05, 4.69) is 29.2 Å². The van der Waals surface area contributed by atoms with Crippen molar-refractivity contribution in [3.05, 3.63) is 35.5 Å². The van der Waals surface area contributed by atoms with E-state index in [4.69, 9.17) is 10.5 Å². The molecule has 0 saturated carbocycles. The number of likely N-dealkylation sites (N-methyl/N-ethyl adjacent to an activating group) is 1. The van der Waals surface area contributed by atoms with E-state index in [0.717, 1.165) is 17.5 Å². The Hall–Kier alpha value is -1.85. The molecule has 1 aromatic carbocycles. The summed E-state index contributed by atoms with van der Waals surface area (Å²) in [6.07, 6.45) is 5.88. The van der Waals surface area contributed by atoms with Crippen molar-refractivity contribution >= 4 is 16.9 Å². The summed E-state index contributed by atoms with van der Waals surface area (Å²) in [6, 6.07) is 6.43. The van der Waals surface area contributed by atoms with Crippen LogP contribution in [0.1, 0.15) is 36.4 Å². The van der Waals surface area contributed by atoms with Crippen LogP contribution in [0.25, 0.3) is 10.9 Å². The summed E-state index contributed by atoms with van der Waals surface area (Å²) in [5.74, 6) is -0.278. The second-order valence-electron chi connectivity index (χ2n) is 6.49. The van der Waals surface area contributed by atoms with Crippen LogP contribution in [0.15, 0.2) is 24.4 Å². The number of aromatic amines is 1. The molecule has 2 heterocycles. The molecule has 1 fully saturated rings. The molecule has 3 N–H and O–H groups in total. The van der Waals surface area contributed by atoms with Gasteiger partial charge in [0.1, 0.15) is 0 Å². The Kier molecular flexibility index (Phi) is 4.68. The first-order valence-corrected chi connectivity index (χ1v) is 8.21. The van der Waals surface area contributed by atoms with E-state index >= 15 is 0 Å². The third-order valence-electron chi connectivity index (χ3n) is 4.96. The Labute approximate surface area is 136 Å². The van der Waals surface area contributed by atoms with Crippen LogP contribution in [-0.4, -0.2) is 42.6 Å². The normalized spacial score (nSPS) is 20.0. The van der Waals surface area contributed by atoms with Gasteiger partial charge in [0, 0.05) is 29.2 Å². The van der Waals surface area contributed by atoms with Crippen molar-refractivity contribution in [2.45, 2.75) is 37.8 Å². The number of methoxy groups -OCH3 is 1. The number of carbonyl (C=O) groups excluding carboxylic acids is 1. The Balaban J connectivity index is 1.83. The van der Waals surface area contributed by atoms with Gasteiger partial charge in [0.05, 0.1) is 13.5 Å². The molecule has 5 nitrogen and oxygen atoms in total. The quantitative estimate of drug-likeness (QED) is 0.831. The van der Waals surface area contributed by atoms with Gasteiger partial charge in [-0.3, -0.25) is 4.79 Å². The predicted molar refractivity (Wildman–Crippen MR) is 91.2 cm³/mol. The number of ether oxygens (including phenoxy) is 1. The van der Waals surface area contributed by atoms with Gasteiger partial charge < -0.3 is 20.4 Å². The highest BCUT2D eigenvalue weighted by Gasteiger charge is 2.22. The lowest BCUT2D eigenvalue weighted by molar-refractivity contribution is -0.141. The molecule has 1 saturated heterocycles. The number of hydrogen-bond acceptors (Lipinski definition) is 4. The smallest absolute Gasteiger partial charge is 0.307 e. The minimum Gasteiger partial charge on any atom is -0.469 e. The zero-order valence-corrected chi connectivity index (χ0v) is 13.8. The van der Waals surface area contributed by atoms with Gasteiger partial charge in [0.2, 0.25) is 0 Å². The molecule has 0 bridgehead atoms. The van der Waals surface area contributed by atoms with Crippen molar-refractivity contribution in [1.82, 2.24) is 9.88 Å². The topological polar surface area (TPSA) is 71.3 Å². The van der Waals surface area contributed by atoms with Crippen LogP contribution in [0.3, 0.4) is 0 Å². The maximum absolute atomic E-state index is 11.4. The van der Waals surface area contributed by atoms with E-state index in [1.54, 1.807) is 0 Å². The SMILES string of the molecule is COC(=O)C[C@H](N)c1ccc2[nH]cc(CC3CCCN3C)c2c1. The van der Waals surface area contributed by atoms with Crippen LogP contribution in [-0.2, 0) is 16.0 Å². The van der Waals surface area contributed by atoms with Gasteiger partial charge in [-0.2, -0.15) is 0 Å². The number of nitrogens with one attached hydrogen (secondary N) is 1. The lowest BCUT2D eigenvalue weighted by Gasteiger charge is -2.19. The fourth-order valence-electron chi connectivity index (χ4n) is 3.47. The average molecular weight is 315 g/mol. The van der Waals surface area contributed by atoms with Crippen molar-refractivity contribution in [3.63, 3.8) is 0 Å². The summed E-state index contributed by atoms with van der Waals surface area (Å²) in [4.78, 5) is 17.2. The number of hydrogen-bond donors (Lipinski definition) is 2. The third-order valence-corrected chi connectivity index (χ3v) is 4.96. The van der Waals surface area contributed by atoms with E-state index in [1.807, 2.05) is 12.1 Å². The van der Waals surface area contributed by atoms with Crippen LogP contribution in [0.5, 0.6) is 0 Å². The molecule has 5 heteroatoms. The lowest BCUT2D eigenvalue weighted by Crippen LogP contribution is -2.26. The molecule has 3 rings (SSSR count). The largest absolute Gasteiger partial charge is 0.469 e. The molecule has 2 aromatic rings. The first-order valence-electron chi connectivity index (χ1n) is 8.21. The van der Waals surface area contributed by atoms with Crippen LogP contribution >= 0.6 is 0 Å². The number of likely N-dealkylation sites (tertiary alicyclic amines) is 1. The first kappa shape index (κ1) is 16.0. The number of H-pyrrole nitrogens is 1. The second-order valence-corrected chi connectivity index (χ2v) is 6.49. The monoisotopic (exact) mass is 315 g/mol. The molecular formula is C18H25N3O2. The summed E-state index contributed by atoms with van der Waals surface area (Å²) in [6.45, 7) is 1.18. The zero-order chi connectivity index (χ0) is 16.4. The molecule has 0 radical (unpaired) electrons. The number of carbonyl (C=O) groups is 1. The number of nitrogens with zero attached hydrogens (tertiary/aromatic N) is 1. The summed E-state index contributed by atoms with van der Waals surface area (Å²) in [7, 11) is 3.59. The summed E-state index contributed by atoms with van der Waals surface area (Å²) >= 11 is 0. The van der Waals surface area contributed by atoms with Gasteiger partial charge >= 0.3 is 5.97 Å². The highest BCUT2D eigenvalue weighted by atomic mass is 16.5. The van der Waals surface area contributed by atoms with E-state index < -0.39 is 0 Å². The second kappa shape index (κ2) is 6.72. The van der Waals surface area contributed by atoms with Crippen molar-refractivity contribution in [2.75, 3.05) is 20.7 Å². The molecule has 2 atom stereocenters. The maximum atomic E-state index is 11.4. The molecule has 23 heavy (non-hydrogen) atoms. The Morgan fingerprint density at radius 2 is 2.35 bits per heavy atom.